The highest BCUT2D eigenvalue weighted by atomic mass is 16.5. The van der Waals surface area contributed by atoms with Gasteiger partial charge in [-0.2, -0.15) is 4.98 Å². The second-order valence-corrected chi connectivity index (χ2v) is 3.97. The van der Waals surface area contributed by atoms with Gasteiger partial charge < -0.3 is 19.7 Å². The minimum atomic E-state index is -0.170. The third-order valence-corrected chi connectivity index (χ3v) is 2.35. The van der Waals surface area contributed by atoms with Gasteiger partial charge in [-0.3, -0.25) is 4.79 Å². The van der Waals surface area contributed by atoms with Crippen LogP contribution in [-0.2, 0) is 16.0 Å². The van der Waals surface area contributed by atoms with Gasteiger partial charge in [-0.05, 0) is 13.3 Å². The lowest BCUT2D eigenvalue weighted by Crippen LogP contribution is -2.38. The second kappa shape index (κ2) is 7.78. The molecule has 18 heavy (non-hydrogen) atoms. The highest BCUT2D eigenvalue weighted by Crippen LogP contribution is 2.01. The summed E-state index contributed by atoms with van der Waals surface area (Å²) in [6, 6.07) is -0.170. The topological polar surface area (TPSA) is 97.5 Å². The second-order valence-electron chi connectivity index (χ2n) is 3.97. The Balaban J connectivity index is 2.31. The largest absolute Gasteiger partial charge is 0.396 e. The van der Waals surface area contributed by atoms with Gasteiger partial charge in [0.05, 0.1) is 12.6 Å². The van der Waals surface area contributed by atoms with E-state index in [4.69, 9.17) is 14.4 Å². The highest BCUT2D eigenvalue weighted by molar-refractivity contribution is 5.76. The molecule has 0 bridgehead atoms. The molecule has 0 saturated carbocycles. The first kappa shape index (κ1) is 14.6. The lowest BCUT2D eigenvalue weighted by molar-refractivity contribution is -0.122. The number of carbonyl (C=O) groups excluding carboxylic acids is 1. The summed E-state index contributed by atoms with van der Waals surface area (Å²) in [7, 11) is 1.55. The zero-order valence-electron chi connectivity index (χ0n) is 10.7. The molecule has 0 aliphatic carbocycles. The Labute approximate surface area is 106 Å². The van der Waals surface area contributed by atoms with Gasteiger partial charge in [0.2, 0.25) is 11.8 Å². The standard InChI is InChI=1S/C11H19N3O4/c1-8-12-11(18-14-8)4-3-10(16)13-9(5-6-15)7-17-2/h9,15H,3-7H2,1-2H3,(H,13,16). The van der Waals surface area contributed by atoms with Crippen LogP contribution >= 0.6 is 0 Å². The molecule has 1 heterocycles. The van der Waals surface area contributed by atoms with Crippen LogP contribution in [0.2, 0.25) is 0 Å². The summed E-state index contributed by atoms with van der Waals surface area (Å²) >= 11 is 0. The van der Waals surface area contributed by atoms with E-state index in [-0.39, 0.29) is 25.0 Å². The molecule has 1 atom stereocenters. The monoisotopic (exact) mass is 257 g/mol. The minimum Gasteiger partial charge on any atom is -0.396 e. The number of aliphatic hydroxyl groups is 1. The number of hydrogen-bond acceptors (Lipinski definition) is 6. The van der Waals surface area contributed by atoms with Crippen LogP contribution in [0, 0.1) is 6.92 Å². The molecule has 2 N–H and O–H groups in total. The zero-order valence-corrected chi connectivity index (χ0v) is 10.7. The van der Waals surface area contributed by atoms with Gasteiger partial charge in [0.25, 0.3) is 0 Å². The van der Waals surface area contributed by atoms with E-state index in [1.807, 2.05) is 0 Å². The fraction of sp³-hybridized carbons (Fsp3) is 0.727. The Morgan fingerprint density at radius 3 is 2.94 bits per heavy atom. The van der Waals surface area contributed by atoms with Crippen LogP contribution < -0.4 is 5.32 Å². The fourth-order valence-corrected chi connectivity index (χ4v) is 1.52. The van der Waals surface area contributed by atoms with E-state index < -0.39 is 0 Å². The van der Waals surface area contributed by atoms with Crippen LogP contribution in [0.4, 0.5) is 0 Å². The molecular formula is C11H19N3O4. The fourth-order valence-electron chi connectivity index (χ4n) is 1.52. The number of ether oxygens (including phenoxy) is 1. The van der Waals surface area contributed by atoms with E-state index in [9.17, 15) is 4.79 Å². The molecule has 102 valence electrons. The number of nitrogens with zero attached hydrogens (tertiary/aromatic N) is 2. The number of aryl methyl sites for hydroxylation is 2. The molecular weight excluding hydrogens is 238 g/mol. The van der Waals surface area contributed by atoms with E-state index in [0.717, 1.165) is 0 Å². The van der Waals surface area contributed by atoms with Gasteiger partial charge in [-0.1, -0.05) is 5.16 Å². The average Bonchev–Trinajstić information content (AvgIpc) is 2.73. The third-order valence-electron chi connectivity index (χ3n) is 2.35. The lowest BCUT2D eigenvalue weighted by atomic mass is 10.2. The van der Waals surface area contributed by atoms with Gasteiger partial charge in [0.1, 0.15) is 0 Å². The quantitative estimate of drug-likeness (QED) is 0.670. The molecule has 7 nitrogen and oxygen atoms in total. The van der Waals surface area contributed by atoms with Crippen molar-refractivity contribution in [3.8, 4) is 0 Å². The summed E-state index contributed by atoms with van der Waals surface area (Å²) in [4.78, 5) is 15.7. The molecule has 0 radical (unpaired) electrons. The van der Waals surface area contributed by atoms with Gasteiger partial charge >= 0.3 is 0 Å². The van der Waals surface area contributed by atoms with Crippen molar-refractivity contribution in [3.05, 3.63) is 11.7 Å². The van der Waals surface area contributed by atoms with Crippen molar-refractivity contribution in [1.29, 1.82) is 0 Å². The Hall–Kier alpha value is -1.47. The van der Waals surface area contributed by atoms with E-state index in [0.29, 0.717) is 31.2 Å². The van der Waals surface area contributed by atoms with Crippen molar-refractivity contribution in [1.82, 2.24) is 15.5 Å². The zero-order chi connectivity index (χ0) is 13.4. The maximum atomic E-state index is 11.6. The SMILES string of the molecule is COCC(CCO)NC(=O)CCc1nc(C)no1. The number of aliphatic hydroxyl groups excluding tert-OH is 1. The van der Waals surface area contributed by atoms with Crippen LogP contribution in [0.15, 0.2) is 4.52 Å². The molecule has 1 aromatic heterocycles. The summed E-state index contributed by atoms with van der Waals surface area (Å²) in [5, 5.41) is 15.3. The number of aromatic nitrogens is 2. The summed E-state index contributed by atoms with van der Waals surface area (Å²) < 4.78 is 9.87. The maximum absolute atomic E-state index is 11.6. The molecule has 1 unspecified atom stereocenters. The molecule has 0 aliphatic rings. The predicted molar refractivity (Wildman–Crippen MR) is 62.9 cm³/mol. The molecule has 0 aromatic carbocycles. The third kappa shape index (κ3) is 5.24. The first-order valence-corrected chi connectivity index (χ1v) is 5.84. The van der Waals surface area contributed by atoms with Crippen LogP contribution in [0.3, 0.4) is 0 Å². The normalized spacial score (nSPS) is 12.4. The Morgan fingerprint density at radius 1 is 1.61 bits per heavy atom. The summed E-state index contributed by atoms with van der Waals surface area (Å²) in [5.41, 5.74) is 0. The Morgan fingerprint density at radius 2 is 2.39 bits per heavy atom. The number of nitrogens with one attached hydrogen (secondary N) is 1. The van der Waals surface area contributed by atoms with Crippen molar-refractivity contribution in [3.63, 3.8) is 0 Å². The molecule has 0 saturated heterocycles. The van der Waals surface area contributed by atoms with Gasteiger partial charge in [-0.15, -0.1) is 0 Å². The summed E-state index contributed by atoms with van der Waals surface area (Å²) in [6.45, 7) is 2.12. The van der Waals surface area contributed by atoms with Crippen molar-refractivity contribution in [2.45, 2.75) is 32.2 Å². The molecule has 0 spiro atoms. The summed E-state index contributed by atoms with van der Waals surface area (Å²) in [6.07, 6.45) is 1.15. The lowest BCUT2D eigenvalue weighted by Gasteiger charge is -2.16. The first-order valence-electron chi connectivity index (χ1n) is 5.84. The van der Waals surface area contributed by atoms with Crippen molar-refractivity contribution < 1.29 is 19.2 Å². The Kier molecular flexibility index (Phi) is 6.31. The molecule has 1 rings (SSSR count). The molecule has 1 amide bonds. The highest BCUT2D eigenvalue weighted by Gasteiger charge is 2.13. The van der Waals surface area contributed by atoms with E-state index in [1.54, 1.807) is 14.0 Å². The number of methoxy groups -OCH3 is 1. The minimum absolute atomic E-state index is 0.0111. The molecule has 0 fully saturated rings. The molecule has 0 aliphatic heterocycles. The number of carbonyl (C=O) groups is 1. The Bertz CT molecular complexity index is 361. The smallest absolute Gasteiger partial charge is 0.227 e. The van der Waals surface area contributed by atoms with Crippen molar-refractivity contribution in [2.75, 3.05) is 20.3 Å². The van der Waals surface area contributed by atoms with Crippen molar-refractivity contribution >= 4 is 5.91 Å². The van der Waals surface area contributed by atoms with E-state index in [2.05, 4.69) is 15.5 Å². The predicted octanol–water partition coefficient (Wildman–Crippen LogP) is -0.176. The van der Waals surface area contributed by atoms with E-state index in [1.165, 1.54) is 0 Å². The number of rotatable bonds is 8. The van der Waals surface area contributed by atoms with Gasteiger partial charge in [-0.25, -0.2) is 0 Å². The maximum Gasteiger partial charge on any atom is 0.227 e. The van der Waals surface area contributed by atoms with Crippen LogP contribution in [-0.4, -0.2) is 47.5 Å². The van der Waals surface area contributed by atoms with E-state index >= 15 is 0 Å². The first-order chi connectivity index (χ1) is 8.65. The molecule has 7 heteroatoms. The van der Waals surface area contributed by atoms with Gasteiger partial charge in [0, 0.05) is 26.6 Å². The van der Waals surface area contributed by atoms with Crippen LogP contribution in [0.25, 0.3) is 0 Å². The number of amides is 1. The number of hydrogen-bond donors (Lipinski definition) is 2. The average molecular weight is 257 g/mol. The molecule has 1 aromatic rings. The van der Waals surface area contributed by atoms with Crippen LogP contribution in [0.5, 0.6) is 0 Å². The van der Waals surface area contributed by atoms with Crippen LogP contribution in [0.1, 0.15) is 24.6 Å². The van der Waals surface area contributed by atoms with Gasteiger partial charge in [0.15, 0.2) is 5.82 Å². The summed E-state index contributed by atoms with van der Waals surface area (Å²) in [5.74, 6) is 0.886. The van der Waals surface area contributed by atoms with Crippen molar-refractivity contribution in [2.24, 2.45) is 0 Å².